The van der Waals surface area contributed by atoms with Crippen molar-refractivity contribution in [2.45, 2.75) is 50.2 Å². The summed E-state index contributed by atoms with van der Waals surface area (Å²) in [6.07, 6.45) is 7.32. The number of rotatable bonds is 5. The second kappa shape index (κ2) is 11.0. The van der Waals surface area contributed by atoms with E-state index >= 15 is 0 Å². The summed E-state index contributed by atoms with van der Waals surface area (Å²) in [6.45, 7) is 0.612. The van der Waals surface area contributed by atoms with Crippen LogP contribution in [0.5, 0.6) is 11.8 Å². The van der Waals surface area contributed by atoms with Gasteiger partial charge in [-0.1, -0.05) is 42.5 Å². The van der Waals surface area contributed by atoms with Crippen LogP contribution in [0.25, 0.3) is 11.4 Å². The summed E-state index contributed by atoms with van der Waals surface area (Å²) in [5.74, 6) is -1.26. The summed E-state index contributed by atoms with van der Waals surface area (Å²) in [5, 5.41) is 2.92. The lowest BCUT2D eigenvalue weighted by Gasteiger charge is -2.26. The first kappa shape index (κ1) is 26.6. The fourth-order valence-electron chi connectivity index (χ4n) is 5.69. The lowest BCUT2D eigenvalue weighted by molar-refractivity contribution is -0.140. The van der Waals surface area contributed by atoms with Gasteiger partial charge in [-0.2, -0.15) is 9.97 Å². The van der Waals surface area contributed by atoms with Gasteiger partial charge in [-0.3, -0.25) is 14.4 Å². The van der Waals surface area contributed by atoms with Crippen molar-refractivity contribution in [3.05, 3.63) is 48.6 Å². The van der Waals surface area contributed by atoms with E-state index in [1.807, 2.05) is 42.5 Å². The number of aromatic nitrogens is 2. The number of amides is 3. The standard InChI is InChI=1S/C29H35N5O5/c1-34-13-9-4-3-8-12-19-17-29(19,28(30)37)33-26(35)21-14-20(15-22(21)27(34)36)39-24-16-23(38-2)31-25(32-24)18-10-6-5-7-11-18/h5-8,10-12,16,19-22H,3-4,9,13-15,17H2,1-2H3,(H2,30,37)(H,33,35). The summed E-state index contributed by atoms with van der Waals surface area (Å²) in [6, 6.07) is 11.1. The molecule has 5 atom stereocenters. The molecule has 3 N–H and O–H groups in total. The Morgan fingerprint density at radius 1 is 1.10 bits per heavy atom. The number of ether oxygens (including phenoxy) is 2. The van der Waals surface area contributed by atoms with E-state index in [1.165, 1.54) is 7.11 Å². The molecule has 0 radical (unpaired) electrons. The first-order valence-corrected chi connectivity index (χ1v) is 13.5. The number of benzene rings is 1. The van der Waals surface area contributed by atoms with Gasteiger partial charge in [-0.15, -0.1) is 0 Å². The Bertz CT molecular complexity index is 1270. The predicted molar refractivity (Wildman–Crippen MR) is 143 cm³/mol. The highest BCUT2D eigenvalue weighted by Crippen LogP contribution is 2.46. The molecule has 10 heteroatoms. The maximum absolute atomic E-state index is 13.6. The summed E-state index contributed by atoms with van der Waals surface area (Å²) in [5.41, 5.74) is 5.44. The zero-order valence-electron chi connectivity index (χ0n) is 22.3. The average molecular weight is 534 g/mol. The van der Waals surface area contributed by atoms with Crippen LogP contribution in [-0.4, -0.2) is 64.9 Å². The molecule has 2 heterocycles. The van der Waals surface area contributed by atoms with Crippen molar-refractivity contribution in [3.8, 4) is 23.1 Å². The van der Waals surface area contributed by atoms with Gasteiger partial charge in [0.1, 0.15) is 11.6 Å². The summed E-state index contributed by atoms with van der Waals surface area (Å²) < 4.78 is 11.6. The van der Waals surface area contributed by atoms with Crippen LogP contribution in [0.15, 0.2) is 48.6 Å². The molecule has 3 aliphatic rings. The van der Waals surface area contributed by atoms with Gasteiger partial charge >= 0.3 is 0 Å². The molecular formula is C29H35N5O5. The predicted octanol–water partition coefficient (Wildman–Crippen LogP) is 2.48. The molecule has 206 valence electrons. The molecule has 0 spiro atoms. The largest absolute Gasteiger partial charge is 0.481 e. The molecule has 10 nitrogen and oxygen atoms in total. The van der Waals surface area contributed by atoms with E-state index in [0.29, 0.717) is 43.4 Å². The topological polar surface area (TPSA) is 137 Å². The minimum atomic E-state index is -1.10. The Morgan fingerprint density at radius 2 is 1.85 bits per heavy atom. The van der Waals surface area contributed by atoms with E-state index in [0.717, 1.165) is 24.8 Å². The van der Waals surface area contributed by atoms with Gasteiger partial charge in [-0.05, 0) is 38.5 Å². The zero-order valence-corrected chi connectivity index (χ0v) is 22.3. The van der Waals surface area contributed by atoms with Crippen molar-refractivity contribution >= 4 is 17.7 Å². The van der Waals surface area contributed by atoms with Crippen LogP contribution in [0.1, 0.15) is 38.5 Å². The number of hydrogen-bond acceptors (Lipinski definition) is 7. The molecule has 2 fully saturated rings. The Hall–Kier alpha value is -3.95. The molecule has 5 rings (SSSR count). The fraction of sp³-hybridized carbons (Fsp3) is 0.483. The lowest BCUT2D eigenvalue weighted by atomic mass is 9.93. The lowest BCUT2D eigenvalue weighted by Crippen LogP contribution is -2.51. The van der Waals surface area contributed by atoms with E-state index < -0.39 is 29.4 Å². The molecule has 1 aromatic heterocycles. The maximum Gasteiger partial charge on any atom is 0.243 e. The van der Waals surface area contributed by atoms with Gasteiger partial charge in [0.15, 0.2) is 5.82 Å². The third-order valence-electron chi connectivity index (χ3n) is 8.04. The van der Waals surface area contributed by atoms with Crippen molar-refractivity contribution in [1.82, 2.24) is 20.2 Å². The van der Waals surface area contributed by atoms with Crippen LogP contribution in [0.2, 0.25) is 0 Å². The van der Waals surface area contributed by atoms with Gasteiger partial charge < -0.3 is 25.4 Å². The van der Waals surface area contributed by atoms with Crippen molar-refractivity contribution < 1.29 is 23.9 Å². The highest BCUT2D eigenvalue weighted by molar-refractivity contribution is 5.96. The van der Waals surface area contributed by atoms with Gasteiger partial charge in [0.25, 0.3) is 0 Å². The second-order valence-electron chi connectivity index (χ2n) is 10.7. The van der Waals surface area contributed by atoms with Crippen LogP contribution in [-0.2, 0) is 14.4 Å². The van der Waals surface area contributed by atoms with E-state index in [2.05, 4.69) is 15.3 Å². The number of nitrogens with two attached hydrogens (primary N) is 1. The number of allylic oxidation sites excluding steroid dienone is 1. The minimum Gasteiger partial charge on any atom is -0.481 e. The molecule has 0 saturated heterocycles. The monoisotopic (exact) mass is 533 g/mol. The molecule has 39 heavy (non-hydrogen) atoms. The number of primary amides is 1. The SMILES string of the molecule is COc1cc(OC2CC3C(=O)NC4(C(N)=O)CC4C=CCCCCN(C)C(=O)C3C2)nc(-c2ccccc2)n1. The van der Waals surface area contributed by atoms with E-state index in [1.54, 1.807) is 18.0 Å². The summed E-state index contributed by atoms with van der Waals surface area (Å²) >= 11 is 0. The second-order valence-corrected chi connectivity index (χ2v) is 10.7. The molecule has 3 amide bonds. The number of hydrogen-bond donors (Lipinski definition) is 2. The van der Waals surface area contributed by atoms with Crippen molar-refractivity contribution in [1.29, 1.82) is 0 Å². The quantitative estimate of drug-likeness (QED) is 0.564. The first-order chi connectivity index (χ1) is 18.8. The highest BCUT2D eigenvalue weighted by atomic mass is 16.5. The Kier molecular flexibility index (Phi) is 7.54. The number of carbonyl (C=O) groups is 3. The number of nitrogens with zero attached hydrogens (tertiary/aromatic N) is 3. The Labute approximate surface area is 228 Å². The molecule has 2 saturated carbocycles. The zero-order chi connectivity index (χ0) is 27.6. The first-order valence-electron chi connectivity index (χ1n) is 13.5. The van der Waals surface area contributed by atoms with Crippen LogP contribution in [0.3, 0.4) is 0 Å². The van der Waals surface area contributed by atoms with Crippen LogP contribution >= 0.6 is 0 Å². The molecule has 1 aromatic carbocycles. The molecule has 5 unspecified atom stereocenters. The van der Waals surface area contributed by atoms with Crippen molar-refractivity contribution in [2.24, 2.45) is 23.5 Å². The average Bonchev–Trinajstić information content (AvgIpc) is 3.48. The third kappa shape index (κ3) is 5.60. The smallest absolute Gasteiger partial charge is 0.243 e. The maximum atomic E-state index is 13.6. The van der Waals surface area contributed by atoms with Crippen molar-refractivity contribution in [2.75, 3.05) is 20.7 Å². The van der Waals surface area contributed by atoms with Crippen LogP contribution < -0.4 is 20.5 Å². The molecule has 0 bridgehead atoms. The van der Waals surface area contributed by atoms with Crippen molar-refractivity contribution in [3.63, 3.8) is 0 Å². The molecule has 1 aliphatic heterocycles. The van der Waals surface area contributed by atoms with Crippen LogP contribution in [0.4, 0.5) is 0 Å². The van der Waals surface area contributed by atoms with Gasteiger partial charge in [0, 0.05) is 25.1 Å². The minimum absolute atomic E-state index is 0.0976. The van der Waals surface area contributed by atoms with Gasteiger partial charge in [0.2, 0.25) is 29.5 Å². The fourth-order valence-corrected chi connectivity index (χ4v) is 5.69. The molecule has 2 aliphatic carbocycles. The third-order valence-corrected chi connectivity index (χ3v) is 8.04. The molecule has 2 aromatic rings. The normalized spacial score (nSPS) is 29.0. The highest BCUT2D eigenvalue weighted by Gasteiger charge is 2.60. The summed E-state index contributed by atoms with van der Waals surface area (Å²) in [7, 11) is 3.30. The Morgan fingerprint density at radius 3 is 2.59 bits per heavy atom. The van der Waals surface area contributed by atoms with Gasteiger partial charge in [0.05, 0.1) is 25.0 Å². The number of carbonyl (C=O) groups excluding carboxylic acids is 3. The Balaban J connectivity index is 1.40. The molecular weight excluding hydrogens is 498 g/mol. The van der Waals surface area contributed by atoms with E-state index in [9.17, 15) is 14.4 Å². The number of nitrogens with one attached hydrogen (secondary N) is 1. The number of methoxy groups -OCH3 is 1. The summed E-state index contributed by atoms with van der Waals surface area (Å²) in [4.78, 5) is 50.2. The van der Waals surface area contributed by atoms with E-state index in [4.69, 9.17) is 15.2 Å². The van der Waals surface area contributed by atoms with E-state index in [-0.39, 0.29) is 17.7 Å². The number of fused-ring (bicyclic) bond motifs is 2. The van der Waals surface area contributed by atoms with Crippen LogP contribution in [0, 0.1) is 17.8 Å². The van der Waals surface area contributed by atoms with Gasteiger partial charge in [-0.25, -0.2) is 0 Å².